The molecule has 0 aliphatic carbocycles. The van der Waals surface area contributed by atoms with Crippen LogP contribution in [0.15, 0.2) is 53.4 Å². The van der Waals surface area contributed by atoms with Crippen LogP contribution < -0.4 is 10.0 Å². The van der Waals surface area contributed by atoms with Crippen molar-refractivity contribution in [3.05, 3.63) is 64.7 Å². The predicted octanol–water partition coefficient (Wildman–Crippen LogP) is 2.95. The highest BCUT2D eigenvalue weighted by Gasteiger charge is 2.34. The molecule has 2 aromatic carbocycles. The molecule has 0 unspecified atom stereocenters. The highest BCUT2D eigenvalue weighted by atomic mass is 35.5. The third kappa shape index (κ3) is 5.45. The van der Waals surface area contributed by atoms with E-state index in [1.54, 1.807) is 30.3 Å². The maximum Gasteiger partial charge on any atom is 0.417 e. The van der Waals surface area contributed by atoms with Crippen molar-refractivity contribution in [2.45, 2.75) is 17.6 Å². The minimum Gasteiger partial charge on any atom is -0.351 e. The number of benzene rings is 2. The molecule has 0 aromatic heterocycles. The second-order valence-electron chi connectivity index (χ2n) is 5.23. The van der Waals surface area contributed by atoms with E-state index in [2.05, 4.69) is 5.32 Å². The molecular formula is C16H14ClF3N2O3S. The predicted molar refractivity (Wildman–Crippen MR) is 89.9 cm³/mol. The van der Waals surface area contributed by atoms with Crippen molar-refractivity contribution in [1.29, 1.82) is 0 Å². The van der Waals surface area contributed by atoms with E-state index in [1.807, 2.05) is 4.72 Å². The zero-order valence-corrected chi connectivity index (χ0v) is 14.8. The zero-order chi connectivity index (χ0) is 19.4. The number of amides is 1. The van der Waals surface area contributed by atoms with E-state index in [-0.39, 0.29) is 6.54 Å². The molecule has 0 atom stereocenters. The van der Waals surface area contributed by atoms with Gasteiger partial charge in [0.2, 0.25) is 15.9 Å². The van der Waals surface area contributed by atoms with Crippen LogP contribution in [0.25, 0.3) is 0 Å². The van der Waals surface area contributed by atoms with Gasteiger partial charge in [-0.05, 0) is 23.8 Å². The van der Waals surface area contributed by atoms with Crippen molar-refractivity contribution < 1.29 is 26.4 Å². The van der Waals surface area contributed by atoms with Crippen LogP contribution in [0.4, 0.5) is 13.2 Å². The normalized spacial score (nSPS) is 12.0. The Kier molecular flexibility index (Phi) is 6.27. The first-order chi connectivity index (χ1) is 12.1. The molecule has 0 spiro atoms. The first-order valence-corrected chi connectivity index (χ1v) is 9.13. The molecule has 26 heavy (non-hydrogen) atoms. The zero-order valence-electron chi connectivity index (χ0n) is 13.2. The Hall–Kier alpha value is -2.10. The van der Waals surface area contributed by atoms with E-state index >= 15 is 0 Å². The molecule has 0 heterocycles. The van der Waals surface area contributed by atoms with Gasteiger partial charge in [0.1, 0.15) is 0 Å². The SMILES string of the molecule is O=C(CNS(=O)(=O)c1ccc(Cl)c(C(F)(F)F)c1)NCc1ccccc1. The van der Waals surface area contributed by atoms with Gasteiger partial charge in [-0.2, -0.15) is 13.2 Å². The Morgan fingerprint density at radius 1 is 1.08 bits per heavy atom. The summed E-state index contributed by atoms with van der Waals surface area (Å²) in [5.74, 6) is -0.623. The molecule has 0 saturated carbocycles. The molecule has 140 valence electrons. The number of carbonyl (C=O) groups is 1. The largest absolute Gasteiger partial charge is 0.417 e. The van der Waals surface area contributed by atoms with Crippen LogP contribution in [0, 0.1) is 0 Å². The van der Waals surface area contributed by atoms with Crippen molar-refractivity contribution in [3.8, 4) is 0 Å². The summed E-state index contributed by atoms with van der Waals surface area (Å²) in [7, 11) is -4.31. The van der Waals surface area contributed by atoms with Crippen LogP contribution in [-0.4, -0.2) is 20.9 Å². The Morgan fingerprint density at radius 2 is 1.73 bits per heavy atom. The smallest absolute Gasteiger partial charge is 0.351 e. The second-order valence-corrected chi connectivity index (χ2v) is 7.40. The molecule has 2 rings (SSSR count). The van der Waals surface area contributed by atoms with Gasteiger partial charge in [-0.3, -0.25) is 4.79 Å². The fourth-order valence-corrected chi connectivity index (χ4v) is 3.22. The number of hydrogen-bond donors (Lipinski definition) is 2. The fourth-order valence-electron chi connectivity index (χ4n) is 1.99. The molecule has 10 heteroatoms. The molecule has 0 fully saturated rings. The van der Waals surface area contributed by atoms with E-state index in [1.165, 1.54) is 0 Å². The summed E-state index contributed by atoms with van der Waals surface area (Å²) in [6.07, 6.45) is -4.80. The molecule has 0 aliphatic heterocycles. The van der Waals surface area contributed by atoms with Gasteiger partial charge >= 0.3 is 6.18 Å². The summed E-state index contributed by atoms with van der Waals surface area (Å²) in [5, 5.41) is 1.89. The fraction of sp³-hybridized carbons (Fsp3) is 0.188. The first kappa shape index (κ1) is 20.2. The summed E-state index contributed by atoms with van der Waals surface area (Å²) in [6, 6.07) is 11.1. The first-order valence-electron chi connectivity index (χ1n) is 7.26. The number of carbonyl (C=O) groups excluding carboxylic acids is 1. The van der Waals surface area contributed by atoms with Crippen molar-refractivity contribution >= 4 is 27.5 Å². The lowest BCUT2D eigenvalue weighted by atomic mass is 10.2. The number of sulfonamides is 1. The summed E-state index contributed by atoms with van der Waals surface area (Å²) < 4.78 is 64.6. The van der Waals surface area contributed by atoms with Crippen molar-refractivity contribution in [2.24, 2.45) is 0 Å². The van der Waals surface area contributed by atoms with E-state index in [4.69, 9.17) is 11.6 Å². The molecule has 0 aliphatic rings. The van der Waals surface area contributed by atoms with E-state index in [0.29, 0.717) is 6.07 Å². The van der Waals surface area contributed by atoms with Gasteiger partial charge in [-0.1, -0.05) is 41.9 Å². The number of nitrogens with one attached hydrogen (secondary N) is 2. The average molecular weight is 407 g/mol. The number of halogens is 4. The van der Waals surface area contributed by atoms with Crippen molar-refractivity contribution in [1.82, 2.24) is 10.0 Å². The molecule has 0 bridgehead atoms. The summed E-state index contributed by atoms with van der Waals surface area (Å²) >= 11 is 5.46. The quantitative estimate of drug-likeness (QED) is 0.774. The molecule has 0 saturated heterocycles. The van der Waals surface area contributed by atoms with Gasteiger partial charge in [0.15, 0.2) is 0 Å². The summed E-state index contributed by atoms with van der Waals surface area (Å²) in [5.41, 5.74) is -0.452. The van der Waals surface area contributed by atoms with Gasteiger partial charge in [0.05, 0.1) is 22.0 Å². The second kappa shape index (κ2) is 8.07. The van der Waals surface area contributed by atoms with E-state index in [0.717, 1.165) is 17.7 Å². The molecular weight excluding hydrogens is 393 g/mol. The monoisotopic (exact) mass is 406 g/mol. The lowest BCUT2D eigenvalue weighted by Crippen LogP contribution is -2.36. The summed E-state index contributed by atoms with van der Waals surface area (Å²) in [6.45, 7) is -0.417. The van der Waals surface area contributed by atoms with Gasteiger partial charge < -0.3 is 5.32 Å². The van der Waals surface area contributed by atoms with Crippen LogP contribution in [0.3, 0.4) is 0 Å². The molecule has 1 amide bonds. The van der Waals surface area contributed by atoms with Gasteiger partial charge in [-0.25, -0.2) is 13.1 Å². The van der Waals surface area contributed by atoms with Crippen LogP contribution in [0.5, 0.6) is 0 Å². The maximum absolute atomic E-state index is 12.8. The van der Waals surface area contributed by atoms with Gasteiger partial charge in [-0.15, -0.1) is 0 Å². The third-order valence-electron chi connectivity index (χ3n) is 3.31. The maximum atomic E-state index is 12.8. The lowest BCUT2D eigenvalue weighted by Gasteiger charge is -2.12. The van der Waals surface area contributed by atoms with E-state index < -0.39 is 44.1 Å². The molecule has 2 N–H and O–H groups in total. The van der Waals surface area contributed by atoms with Crippen LogP contribution in [0.2, 0.25) is 5.02 Å². The Morgan fingerprint density at radius 3 is 2.35 bits per heavy atom. The minimum atomic E-state index is -4.80. The summed E-state index contributed by atoms with van der Waals surface area (Å²) in [4.78, 5) is 11.1. The molecule has 0 radical (unpaired) electrons. The molecule has 5 nitrogen and oxygen atoms in total. The van der Waals surface area contributed by atoms with Crippen LogP contribution in [0.1, 0.15) is 11.1 Å². The highest BCUT2D eigenvalue weighted by Crippen LogP contribution is 2.35. The van der Waals surface area contributed by atoms with Crippen LogP contribution in [-0.2, 0) is 27.5 Å². The number of hydrogen-bond acceptors (Lipinski definition) is 3. The Labute approximate surface area is 153 Å². The topological polar surface area (TPSA) is 75.3 Å². The molecule has 2 aromatic rings. The van der Waals surface area contributed by atoms with Crippen LogP contribution >= 0.6 is 11.6 Å². The standard InChI is InChI=1S/C16H14ClF3N2O3S/c17-14-7-6-12(8-13(14)16(18,19)20)26(24,25)22-10-15(23)21-9-11-4-2-1-3-5-11/h1-8,22H,9-10H2,(H,21,23). The lowest BCUT2D eigenvalue weighted by molar-refractivity contribution is -0.137. The Bertz CT molecular complexity index is 887. The van der Waals surface area contributed by atoms with Gasteiger partial charge in [0, 0.05) is 6.54 Å². The van der Waals surface area contributed by atoms with Crippen molar-refractivity contribution in [3.63, 3.8) is 0 Å². The minimum absolute atomic E-state index is 0.195. The third-order valence-corrected chi connectivity index (χ3v) is 5.04. The number of alkyl halides is 3. The average Bonchev–Trinajstić information content (AvgIpc) is 2.58. The van der Waals surface area contributed by atoms with Crippen molar-refractivity contribution in [2.75, 3.05) is 6.54 Å². The Balaban J connectivity index is 2.01. The van der Waals surface area contributed by atoms with E-state index in [9.17, 15) is 26.4 Å². The van der Waals surface area contributed by atoms with Gasteiger partial charge in [0.25, 0.3) is 0 Å². The number of rotatable bonds is 6. The highest BCUT2D eigenvalue weighted by molar-refractivity contribution is 7.89.